The van der Waals surface area contributed by atoms with E-state index in [1.54, 1.807) is 18.2 Å². The average Bonchev–Trinajstić information content (AvgIpc) is 3.01. The molecular formula is C37H34N2O4S. The lowest BCUT2D eigenvalue weighted by atomic mass is 9.93. The SMILES string of the molecule is CCc1cccc(C)c1/N=c1\ccc2c(-c3ccccc3S(=O)(=O)O)c3ccc(Nc4c(C)cccc4CC)cc3oc-2c1. The molecule has 44 heavy (non-hydrogen) atoms. The molecule has 4 aromatic carbocycles. The van der Waals surface area contributed by atoms with Gasteiger partial charge in [0.1, 0.15) is 16.2 Å². The summed E-state index contributed by atoms with van der Waals surface area (Å²) < 4.78 is 41.7. The summed E-state index contributed by atoms with van der Waals surface area (Å²) in [6, 6.07) is 30.4. The molecule has 0 saturated carbocycles. The van der Waals surface area contributed by atoms with Gasteiger partial charge in [0, 0.05) is 45.6 Å². The summed E-state index contributed by atoms with van der Waals surface area (Å²) in [6.45, 7) is 8.37. The van der Waals surface area contributed by atoms with Gasteiger partial charge in [-0.3, -0.25) is 4.55 Å². The molecule has 6 rings (SSSR count). The molecule has 1 heterocycles. The number of nitrogens with zero attached hydrogens (tertiary/aromatic N) is 1. The van der Waals surface area contributed by atoms with E-state index in [-0.39, 0.29) is 4.90 Å². The van der Waals surface area contributed by atoms with Gasteiger partial charge in [0.25, 0.3) is 10.1 Å². The number of anilines is 2. The Hall–Kier alpha value is -4.72. The fraction of sp³-hybridized carbons (Fsp3) is 0.162. The molecule has 6 nitrogen and oxygen atoms in total. The second kappa shape index (κ2) is 11.8. The van der Waals surface area contributed by atoms with Gasteiger partial charge in [-0.2, -0.15) is 8.42 Å². The highest BCUT2D eigenvalue weighted by Crippen LogP contribution is 2.43. The molecule has 2 aliphatic rings. The number of hydrogen-bond acceptors (Lipinski definition) is 5. The van der Waals surface area contributed by atoms with Crippen LogP contribution in [0.3, 0.4) is 0 Å². The zero-order valence-corrected chi connectivity index (χ0v) is 26.0. The van der Waals surface area contributed by atoms with Crippen molar-refractivity contribution in [2.24, 2.45) is 4.99 Å². The normalized spacial score (nSPS) is 12.2. The van der Waals surface area contributed by atoms with Gasteiger partial charge in [0.2, 0.25) is 0 Å². The average molecular weight is 603 g/mol. The van der Waals surface area contributed by atoms with Crippen LogP contribution in [0.25, 0.3) is 33.4 Å². The quantitative estimate of drug-likeness (QED) is 0.140. The molecular weight excluding hydrogens is 568 g/mol. The summed E-state index contributed by atoms with van der Waals surface area (Å²) >= 11 is 0. The van der Waals surface area contributed by atoms with Crippen LogP contribution in [0.5, 0.6) is 0 Å². The summed E-state index contributed by atoms with van der Waals surface area (Å²) in [5.41, 5.74) is 9.73. The Bertz CT molecular complexity index is 2180. The first-order valence-corrected chi connectivity index (χ1v) is 16.2. The van der Waals surface area contributed by atoms with Crippen molar-refractivity contribution in [1.82, 2.24) is 0 Å². The van der Waals surface area contributed by atoms with Crippen molar-refractivity contribution in [3.8, 4) is 22.5 Å². The highest BCUT2D eigenvalue weighted by Gasteiger charge is 2.23. The lowest BCUT2D eigenvalue weighted by molar-refractivity contribution is 0.483. The summed E-state index contributed by atoms with van der Waals surface area (Å²) in [5, 5.41) is 5.02. The Labute approximate surface area is 257 Å². The first-order valence-electron chi connectivity index (χ1n) is 14.7. The van der Waals surface area contributed by atoms with Crippen molar-refractivity contribution in [2.45, 2.75) is 45.4 Å². The van der Waals surface area contributed by atoms with Gasteiger partial charge in [-0.25, -0.2) is 4.99 Å². The monoisotopic (exact) mass is 602 g/mol. The minimum absolute atomic E-state index is 0.162. The van der Waals surface area contributed by atoms with Crippen LogP contribution in [-0.2, 0) is 23.0 Å². The van der Waals surface area contributed by atoms with E-state index in [4.69, 9.17) is 9.41 Å². The molecule has 0 fully saturated rings. The van der Waals surface area contributed by atoms with Gasteiger partial charge in [0.15, 0.2) is 0 Å². The van der Waals surface area contributed by atoms with Crippen molar-refractivity contribution in [1.29, 1.82) is 0 Å². The topological polar surface area (TPSA) is 91.9 Å². The standard InChI is InChI=1S/C37H34N2O4S/c1-5-25-13-9-11-23(3)36(25)38-27-17-19-29-32(21-27)43-33-22-28(39-37-24(4)12-10-14-26(37)6-2)18-20-30(33)35(29)31-15-7-8-16-34(31)44(40,41)42/h7-22,38H,5-6H2,1-4H3,(H,40,41,42)/b39-28+. The van der Waals surface area contributed by atoms with E-state index in [1.165, 1.54) is 11.6 Å². The first-order chi connectivity index (χ1) is 21.2. The van der Waals surface area contributed by atoms with E-state index in [9.17, 15) is 13.0 Å². The molecule has 0 atom stereocenters. The van der Waals surface area contributed by atoms with Crippen LogP contribution < -0.4 is 10.7 Å². The Morgan fingerprint density at radius 1 is 0.773 bits per heavy atom. The van der Waals surface area contributed by atoms with Gasteiger partial charge < -0.3 is 9.73 Å². The molecule has 0 bridgehead atoms. The van der Waals surface area contributed by atoms with Crippen LogP contribution in [0.2, 0.25) is 0 Å². The number of rotatable bonds is 7. The number of aryl methyl sites for hydroxylation is 4. The molecule has 2 N–H and O–H groups in total. The number of fused-ring (bicyclic) bond motifs is 2. The van der Waals surface area contributed by atoms with Crippen molar-refractivity contribution < 1.29 is 17.4 Å². The van der Waals surface area contributed by atoms with Crippen LogP contribution in [0.1, 0.15) is 36.1 Å². The minimum Gasteiger partial charge on any atom is -0.456 e. The first kappa shape index (κ1) is 29.4. The third-order valence-electron chi connectivity index (χ3n) is 8.09. The predicted octanol–water partition coefficient (Wildman–Crippen LogP) is 9.17. The predicted molar refractivity (Wildman–Crippen MR) is 178 cm³/mol. The number of hydrogen-bond donors (Lipinski definition) is 2. The lowest BCUT2D eigenvalue weighted by Crippen LogP contribution is -2.05. The minimum atomic E-state index is -4.50. The molecule has 4 aromatic rings. The fourth-order valence-electron chi connectivity index (χ4n) is 5.85. The zero-order valence-electron chi connectivity index (χ0n) is 25.2. The van der Waals surface area contributed by atoms with E-state index >= 15 is 0 Å². The maximum absolute atomic E-state index is 12.5. The van der Waals surface area contributed by atoms with Gasteiger partial charge in [-0.15, -0.1) is 0 Å². The third-order valence-corrected chi connectivity index (χ3v) is 9.00. The van der Waals surface area contributed by atoms with Crippen LogP contribution in [0.4, 0.5) is 17.1 Å². The van der Waals surface area contributed by atoms with Gasteiger partial charge in [-0.1, -0.05) is 68.4 Å². The molecule has 222 valence electrons. The molecule has 0 spiro atoms. The summed E-state index contributed by atoms with van der Waals surface area (Å²) in [7, 11) is -4.50. The summed E-state index contributed by atoms with van der Waals surface area (Å²) in [5.74, 6) is 0.549. The Kier molecular flexibility index (Phi) is 7.84. The maximum Gasteiger partial charge on any atom is 0.295 e. The molecule has 0 unspecified atom stereocenters. The van der Waals surface area contributed by atoms with Gasteiger partial charge in [0.05, 0.1) is 11.0 Å². The van der Waals surface area contributed by atoms with E-state index in [0.717, 1.165) is 57.3 Å². The molecule has 0 aromatic heterocycles. The third kappa shape index (κ3) is 5.52. The second-order valence-electron chi connectivity index (χ2n) is 11.0. The Balaban J connectivity index is 1.63. The van der Waals surface area contributed by atoms with E-state index in [2.05, 4.69) is 50.4 Å². The molecule has 1 aliphatic heterocycles. The van der Waals surface area contributed by atoms with Gasteiger partial charge >= 0.3 is 0 Å². The molecule has 0 saturated heterocycles. The van der Waals surface area contributed by atoms with Crippen LogP contribution >= 0.6 is 0 Å². The van der Waals surface area contributed by atoms with Crippen molar-refractivity contribution in [3.05, 3.63) is 125 Å². The van der Waals surface area contributed by atoms with Crippen molar-refractivity contribution >= 4 is 38.1 Å². The van der Waals surface area contributed by atoms with Crippen LogP contribution in [-0.4, -0.2) is 13.0 Å². The van der Waals surface area contributed by atoms with Crippen molar-refractivity contribution in [3.63, 3.8) is 0 Å². The Morgan fingerprint density at radius 3 is 2.25 bits per heavy atom. The summed E-state index contributed by atoms with van der Waals surface area (Å²) in [6.07, 6.45) is 1.74. The Morgan fingerprint density at radius 2 is 1.50 bits per heavy atom. The van der Waals surface area contributed by atoms with E-state index < -0.39 is 10.1 Å². The second-order valence-corrected chi connectivity index (χ2v) is 12.4. The lowest BCUT2D eigenvalue weighted by Gasteiger charge is -2.19. The smallest absolute Gasteiger partial charge is 0.295 e. The van der Waals surface area contributed by atoms with Crippen LogP contribution in [0, 0.1) is 13.8 Å². The zero-order chi connectivity index (χ0) is 31.0. The number of benzene rings is 5. The molecule has 0 amide bonds. The van der Waals surface area contributed by atoms with Crippen LogP contribution in [0.15, 0.2) is 111 Å². The van der Waals surface area contributed by atoms with Gasteiger partial charge in [-0.05, 0) is 79.3 Å². The summed E-state index contributed by atoms with van der Waals surface area (Å²) in [4.78, 5) is 4.83. The van der Waals surface area contributed by atoms with Crippen molar-refractivity contribution in [2.75, 3.05) is 5.32 Å². The molecule has 7 heteroatoms. The highest BCUT2D eigenvalue weighted by molar-refractivity contribution is 7.86. The maximum atomic E-state index is 12.5. The highest BCUT2D eigenvalue weighted by atomic mass is 32.2. The largest absolute Gasteiger partial charge is 0.456 e. The molecule has 0 radical (unpaired) electrons. The fourth-order valence-corrected chi connectivity index (χ4v) is 6.55. The van der Waals surface area contributed by atoms with E-state index in [0.29, 0.717) is 28.0 Å². The molecule has 1 aliphatic carbocycles. The number of para-hydroxylation sites is 2. The number of nitrogens with one attached hydrogen (secondary N) is 1. The van der Waals surface area contributed by atoms with E-state index in [1.807, 2.05) is 55.5 Å².